The van der Waals surface area contributed by atoms with Crippen molar-refractivity contribution in [3.8, 4) is 0 Å². The lowest BCUT2D eigenvalue weighted by molar-refractivity contribution is 0.0577. The van der Waals surface area contributed by atoms with Gasteiger partial charge in [-0.2, -0.15) is 5.10 Å². The van der Waals surface area contributed by atoms with Gasteiger partial charge in [-0.3, -0.25) is 4.68 Å². The second kappa shape index (κ2) is 3.32. The summed E-state index contributed by atoms with van der Waals surface area (Å²) in [6.45, 7) is 5.96. The zero-order valence-electron chi connectivity index (χ0n) is 9.07. The summed E-state index contributed by atoms with van der Waals surface area (Å²) in [6, 6.07) is 0.459. The van der Waals surface area contributed by atoms with Gasteiger partial charge in [-0.15, -0.1) is 0 Å². The summed E-state index contributed by atoms with van der Waals surface area (Å²) in [5.74, 6) is 0. The van der Waals surface area contributed by atoms with E-state index in [1.807, 2.05) is 10.9 Å². The fraction of sp³-hybridized carbons (Fsp3) is 0.727. The van der Waals surface area contributed by atoms with Crippen LogP contribution in [0.15, 0.2) is 12.4 Å². The van der Waals surface area contributed by atoms with E-state index in [2.05, 4.69) is 23.5 Å². The van der Waals surface area contributed by atoms with Crippen LogP contribution < -0.4 is 5.32 Å². The molecular weight excluding hydrogens is 190 g/mol. The summed E-state index contributed by atoms with van der Waals surface area (Å²) in [4.78, 5) is 0. The van der Waals surface area contributed by atoms with Crippen molar-refractivity contribution in [1.82, 2.24) is 15.1 Å². The lowest BCUT2D eigenvalue weighted by Gasteiger charge is -2.46. The van der Waals surface area contributed by atoms with Crippen LogP contribution in [0.25, 0.3) is 0 Å². The number of rotatable bonds is 2. The van der Waals surface area contributed by atoms with Crippen molar-refractivity contribution in [1.29, 1.82) is 0 Å². The molecular formula is C11H17N3O. The van der Waals surface area contributed by atoms with E-state index in [9.17, 15) is 0 Å². The summed E-state index contributed by atoms with van der Waals surface area (Å²) >= 11 is 0. The zero-order valence-corrected chi connectivity index (χ0v) is 9.07. The van der Waals surface area contributed by atoms with E-state index in [1.165, 1.54) is 12.0 Å². The van der Waals surface area contributed by atoms with Gasteiger partial charge in [0.15, 0.2) is 0 Å². The number of aryl methyl sites for hydroxylation is 1. The Hall–Kier alpha value is -0.870. The molecule has 0 bridgehead atoms. The Kier molecular flexibility index (Phi) is 2.07. The molecule has 1 aromatic heterocycles. The molecule has 0 aliphatic carbocycles. The fourth-order valence-corrected chi connectivity index (χ4v) is 2.66. The van der Waals surface area contributed by atoms with Gasteiger partial charge in [0.25, 0.3) is 0 Å². The first-order chi connectivity index (χ1) is 7.34. The van der Waals surface area contributed by atoms with Gasteiger partial charge < -0.3 is 10.1 Å². The molecule has 0 radical (unpaired) electrons. The van der Waals surface area contributed by atoms with Crippen LogP contribution in [0.1, 0.15) is 24.9 Å². The van der Waals surface area contributed by atoms with Crippen LogP contribution in [-0.4, -0.2) is 29.5 Å². The van der Waals surface area contributed by atoms with E-state index >= 15 is 0 Å². The molecule has 0 unspecified atom stereocenters. The standard InChI is InChI=1S/C11H17N3O/c1-2-14-6-9(5-13-14)10-11(7-12-10)3-4-15-8-11/h5-6,10,12H,2-4,7-8H2,1H3/t10-,11-/m1/s1. The first kappa shape index (κ1) is 9.36. The van der Waals surface area contributed by atoms with Gasteiger partial charge in [0.05, 0.1) is 12.8 Å². The topological polar surface area (TPSA) is 39.1 Å². The maximum absolute atomic E-state index is 5.52. The van der Waals surface area contributed by atoms with Crippen molar-refractivity contribution in [3.63, 3.8) is 0 Å². The van der Waals surface area contributed by atoms with Crippen LogP contribution in [0.5, 0.6) is 0 Å². The highest BCUT2D eigenvalue weighted by atomic mass is 16.5. The second-order valence-electron chi connectivity index (χ2n) is 4.61. The minimum Gasteiger partial charge on any atom is -0.381 e. The quantitative estimate of drug-likeness (QED) is 0.785. The molecule has 3 heterocycles. The Bertz CT molecular complexity index is 354. The van der Waals surface area contributed by atoms with E-state index in [0.717, 1.165) is 26.3 Å². The molecule has 0 amide bonds. The van der Waals surface area contributed by atoms with Crippen LogP contribution in [0.3, 0.4) is 0 Å². The molecule has 82 valence electrons. The maximum atomic E-state index is 5.52. The zero-order chi connectivity index (χ0) is 10.3. The molecule has 1 N–H and O–H groups in total. The van der Waals surface area contributed by atoms with Crippen molar-refractivity contribution < 1.29 is 4.74 Å². The lowest BCUT2D eigenvalue weighted by atomic mass is 9.71. The first-order valence-corrected chi connectivity index (χ1v) is 5.67. The molecule has 15 heavy (non-hydrogen) atoms. The molecule has 0 saturated carbocycles. The van der Waals surface area contributed by atoms with Crippen molar-refractivity contribution in [3.05, 3.63) is 18.0 Å². The molecule has 4 heteroatoms. The van der Waals surface area contributed by atoms with Crippen LogP contribution >= 0.6 is 0 Å². The van der Waals surface area contributed by atoms with E-state index < -0.39 is 0 Å². The summed E-state index contributed by atoms with van der Waals surface area (Å²) in [5.41, 5.74) is 1.68. The van der Waals surface area contributed by atoms with Gasteiger partial charge in [0.2, 0.25) is 0 Å². The summed E-state index contributed by atoms with van der Waals surface area (Å²) < 4.78 is 7.50. The van der Waals surface area contributed by atoms with Gasteiger partial charge in [-0.25, -0.2) is 0 Å². The minimum absolute atomic E-state index is 0.363. The Morgan fingerprint density at radius 2 is 2.67 bits per heavy atom. The molecule has 0 aromatic carbocycles. The summed E-state index contributed by atoms with van der Waals surface area (Å²) in [6.07, 6.45) is 5.32. The van der Waals surface area contributed by atoms with Gasteiger partial charge >= 0.3 is 0 Å². The van der Waals surface area contributed by atoms with Crippen molar-refractivity contribution in [2.75, 3.05) is 19.8 Å². The average Bonchev–Trinajstić information content (AvgIpc) is 2.85. The Morgan fingerprint density at radius 3 is 3.20 bits per heavy atom. The van der Waals surface area contributed by atoms with Gasteiger partial charge in [0.1, 0.15) is 0 Å². The Labute approximate surface area is 89.6 Å². The monoisotopic (exact) mass is 207 g/mol. The number of hydrogen-bond acceptors (Lipinski definition) is 3. The highest BCUT2D eigenvalue weighted by Gasteiger charge is 2.50. The van der Waals surface area contributed by atoms with E-state index in [-0.39, 0.29) is 0 Å². The van der Waals surface area contributed by atoms with Crippen LogP contribution in [-0.2, 0) is 11.3 Å². The summed E-state index contributed by atoms with van der Waals surface area (Å²) in [5, 5.41) is 7.83. The average molecular weight is 207 g/mol. The smallest absolute Gasteiger partial charge is 0.0553 e. The third-order valence-electron chi connectivity index (χ3n) is 3.71. The first-order valence-electron chi connectivity index (χ1n) is 5.67. The Balaban J connectivity index is 1.82. The van der Waals surface area contributed by atoms with Gasteiger partial charge in [-0.1, -0.05) is 0 Å². The van der Waals surface area contributed by atoms with Crippen LogP contribution in [0.2, 0.25) is 0 Å². The molecule has 2 atom stereocenters. The van der Waals surface area contributed by atoms with E-state index in [1.54, 1.807) is 0 Å². The predicted molar refractivity (Wildman–Crippen MR) is 56.5 cm³/mol. The van der Waals surface area contributed by atoms with Crippen LogP contribution in [0.4, 0.5) is 0 Å². The molecule has 2 saturated heterocycles. The molecule has 2 aliphatic heterocycles. The predicted octanol–water partition coefficient (Wildman–Crippen LogP) is 0.954. The van der Waals surface area contributed by atoms with E-state index in [4.69, 9.17) is 4.74 Å². The molecule has 2 fully saturated rings. The van der Waals surface area contributed by atoms with Crippen molar-refractivity contribution in [2.24, 2.45) is 5.41 Å². The highest BCUT2D eigenvalue weighted by molar-refractivity contribution is 5.21. The third kappa shape index (κ3) is 1.32. The van der Waals surface area contributed by atoms with Gasteiger partial charge in [-0.05, 0) is 13.3 Å². The lowest BCUT2D eigenvalue weighted by Crippen LogP contribution is -2.56. The summed E-state index contributed by atoms with van der Waals surface area (Å²) in [7, 11) is 0. The minimum atomic E-state index is 0.363. The third-order valence-corrected chi connectivity index (χ3v) is 3.71. The molecule has 2 aliphatic rings. The number of nitrogens with zero attached hydrogens (tertiary/aromatic N) is 2. The fourth-order valence-electron chi connectivity index (χ4n) is 2.66. The molecule has 3 rings (SSSR count). The molecule has 1 spiro atoms. The van der Waals surface area contributed by atoms with E-state index in [0.29, 0.717) is 11.5 Å². The molecule has 4 nitrogen and oxygen atoms in total. The van der Waals surface area contributed by atoms with Gasteiger partial charge in [0, 0.05) is 42.9 Å². The Morgan fingerprint density at radius 1 is 1.73 bits per heavy atom. The second-order valence-corrected chi connectivity index (χ2v) is 4.61. The van der Waals surface area contributed by atoms with Crippen molar-refractivity contribution in [2.45, 2.75) is 25.9 Å². The molecule has 1 aromatic rings. The number of hydrogen-bond donors (Lipinski definition) is 1. The number of aromatic nitrogens is 2. The number of ether oxygens (including phenoxy) is 1. The number of nitrogens with one attached hydrogen (secondary N) is 1. The van der Waals surface area contributed by atoms with Crippen molar-refractivity contribution >= 4 is 0 Å². The van der Waals surface area contributed by atoms with Crippen LogP contribution in [0, 0.1) is 5.41 Å². The largest absolute Gasteiger partial charge is 0.381 e. The maximum Gasteiger partial charge on any atom is 0.0553 e. The highest BCUT2D eigenvalue weighted by Crippen LogP contribution is 2.46. The SMILES string of the molecule is CCn1cc([C@H]2NC[C@@]23CCOC3)cn1. The normalized spacial score (nSPS) is 34.6.